The number of hydrogen-bond acceptors (Lipinski definition) is 3. The summed E-state index contributed by atoms with van der Waals surface area (Å²) in [5, 5.41) is 3.19. The van der Waals surface area contributed by atoms with Crippen LogP contribution in [0.2, 0.25) is 0 Å². The topological polar surface area (TPSA) is 49.4 Å². The van der Waals surface area contributed by atoms with E-state index in [2.05, 4.69) is 5.32 Å². The van der Waals surface area contributed by atoms with Gasteiger partial charge in [0, 0.05) is 12.6 Å². The Bertz CT molecular complexity index is 587. The van der Waals surface area contributed by atoms with E-state index in [9.17, 15) is 17.2 Å². The fraction of sp³-hybridized carbons (Fsp3) is 0.571. The highest BCUT2D eigenvalue weighted by molar-refractivity contribution is 7.89. The molecule has 0 aliphatic carbocycles. The second-order valence-corrected chi connectivity index (χ2v) is 7.06. The molecule has 118 valence electrons. The van der Waals surface area contributed by atoms with Gasteiger partial charge in [0.15, 0.2) is 11.6 Å². The maximum Gasteiger partial charge on any atom is 0.243 e. The van der Waals surface area contributed by atoms with Gasteiger partial charge in [0.1, 0.15) is 0 Å². The summed E-state index contributed by atoms with van der Waals surface area (Å²) >= 11 is 0. The van der Waals surface area contributed by atoms with E-state index in [-0.39, 0.29) is 10.9 Å². The van der Waals surface area contributed by atoms with E-state index in [1.165, 1.54) is 4.31 Å². The molecule has 1 heterocycles. The third-order valence-corrected chi connectivity index (χ3v) is 5.61. The van der Waals surface area contributed by atoms with Crippen LogP contribution in [-0.2, 0) is 10.0 Å². The zero-order valence-electron chi connectivity index (χ0n) is 12.0. The molecule has 0 spiro atoms. The molecule has 1 fully saturated rings. The normalized spacial score (nSPS) is 17.3. The Labute approximate surface area is 124 Å². The van der Waals surface area contributed by atoms with Crippen LogP contribution in [0.4, 0.5) is 8.78 Å². The Hall–Kier alpha value is -1.05. The SMILES string of the molecule is CCCN(C1CCNCC1)S(=O)(=O)c1ccc(F)c(F)c1. The van der Waals surface area contributed by atoms with Gasteiger partial charge in [0.25, 0.3) is 0 Å². The number of piperidine rings is 1. The van der Waals surface area contributed by atoms with Gasteiger partial charge in [-0.25, -0.2) is 17.2 Å². The predicted molar refractivity (Wildman–Crippen MR) is 76.4 cm³/mol. The molecular formula is C14H20F2N2O2S. The number of rotatable bonds is 5. The lowest BCUT2D eigenvalue weighted by molar-refractivity contribution is 0.262. The van der Waals surface area contributed by atoms with Gasteiger partial charge >= 0.3 is 0 Å². The molecule has 4 nitrogen and oxygen atoms in total. The number of halogens is 2. The highest BCUT2D eigenvalue weighted by atomic mass is 32.2. The smallest absolute Gasteiger partial charge is 0.243 e. The minimum atomic E-state index is -3.80. The van der Waals surface area contributed by atoms with Crippen molar-refractivity contribution < 1.29 is 17.2 Å². The van der Waals surface area contributed by atoms with Crippen molar-refractivity contribution in [1.29, 1.82) is 0 Å². The van der Waals surface area contributed by atoms with Crippen molar-refractivity contribution in [3.05, 3.63) is 29.8 Å². The Morgan fingerprint density at radius 3 is 2.48 bits per heavy atom. The molecule has 7 heteroatoms. The first-order valence-electron chi connectivity index (χ1n) is 7.14. The van der Waals surface area contributed by atoms with Crippen LogP contribution in [0.5, 0.6) is 0 Å². The van der Waals surface area contributed by atoms with Gasteiger partial charge in [0.2, 0.25) is 10.0 Å². The van der Waals surface area contributed by atoms with Gasteiger partial charge in [-0.05, 0) is 50.6 Å². The summed E-state index contributed by atoms with van der Waals surface area (Å²) in [5.74, 6) is -2.18. The predicted octanol–water partition coefficient (Wildman–Crippen LogP) is 2.12. The van der Waals surface area contributed by atoms with Crippen LogP contribution >= 0.6 is 0 Å². The second-order valence-electron chi connectivity index (χ2n) is 5.17. The molecule has 0 atom stereocenters. The van der Waals surface area contributed by atoms with E-state index in [4.69, 9.17) is 0 Å². The molecule has 1 aromatic rings. The molecule has 1 N–H and O–H groups in total. The number of hydrogen-bond donors (Lipinski definition) is 1. The van der Waals surface area contributed by atoms with E-state index in [1.807, 2.05) is 6.92 Å². The van der Waals surface area contributed by atoms with Crippen LogP contribution in [0.1, 0.15) is 26.2 Å². The first kappa shape index (κ1) is 16.3. The number of nitrogens with zero attached hydrogens (tertiary/aromatic N) is 1. The maximum atomic E-state index is 13.3. The quantitative estimate of drug-likeness (QED) is 0.905. The summed E-state index contributed by atoms with van der Waals surface area (Å²) in [4.78, 5) is -0.187. The largest absolute Gasteiger partial charge is 0.317 e. The first-order chi connectivity index (χ1) is 9.96. The van der Waals surface area contributed by atoms with Gasteiger partial charge in [-0.3, -0.25) is 0 Å². The van der Waals surface area contributed by atoms with Crippen LogP contribution in [0.25, 0.3) is 0 Å². The number of benzene rings is 1. The van der Waals surface area contributed by atoms with Crippen molar-refractivity contribution in [3.8, 4) is 0 Å². The van der Waals surface area contributed by atoms with Crippen LogP contribution in [0.15, 0.2) is 23.1 Å². The van der Waals surface area contributed by atoms with Gasteiger partial charge in [-0.1, -0.05) is 6.92 Å². The zero-order chi connectivity index (χ0) is 15.5. The Kier molecular flexibility index (Phi) is 5.29. The average Bonchev–Trinajstić information content (AvgIpc) is 2.48. The fourth-order valence-electron chi connectivity index (χ4n) is 2.59. The molecule has 0 bridgehead atoms. The van der Waals surface area contributed by atoms with Gasteiger partial charge in [0.05, 0.1) is 4.90 Å². The van der Waals surface area contributed by atoms with Crippen LogP contribution in [-0.4, -0.2) is 38.4 Å². The standard InChI is InChI=1S/C14H20F2N2O2S/c1-2-9-18(11-5-7-17-8-6-11)21(19,20)12-3-4-13(15)14(16)10-12/h3-4,10-11,17H,2,5-9H2,1H3. The number of nitrogens with one attached hydrogen (secondary N) is 1. The summed E-state index contributed by atoms with van der Waals surface area (Å²) in [7, 11) is -3.80. The molecule has 1 aliphatic heterocycles. The van der Waals surface area contributed by atoms with Crippen molar-refractivity contribution in [2.75, 3.05) is 19.6 Å². The third kappa shape index (κ3) is 3.59. The van der Waals surface area contributed by atoms with Gasteiger partial charge < -0.3 is 5.32 Å². The van der Waals surface area contributed by atoms with Gasteiger partial charge in [-0.15, -0.1) is 0 Å². The zero-order valence-corrected chi connectivity index (χ0v) is 12.8. The Balaban J connectivity index is 2.34. The molecule has 0 radical (unpaired) electrons. The fourth-order valence-corrected chi connectivity index (χ4v) is 4.38. The second kappa shape index (κ2) is 6.81. The van der Waals surface area contributed by atoms with Crippen LogP contribution in [0.3, 0.4) is 0 Å². The van der Waals surface area contributed by atoms with Crippen LogP contribution < -0.4 is 5.32 Å². The Morgan fingerprint density at radius 1 is 1.24 bits per heavy atom. The molecule has 0 aromatic heterocycles. The van der Waals surface area contributed by atoms with E-state index in [0.29, 0.717) is 13.0 Å². The summed E-state index contributed by atoms with van der Waals surface area (Å²) in [5.41, 5.74) is 0. The van der Waals surface area contributed by atoms with Crippen molar-refractivity contribution >= 4 is 10.0 Å². The van der Waals surface area contributed by atoms with E-state index in [0.717, 1.165) is 44.1 Å². The minimum Gasteiger partial charge on any atom is -0.317 e. The molecule has 1 aromatic carbocycles. The molecular weight excluding hydrogens is 298 g/mol. The highest BCUT2D eigenvalue weighted by Gasteiger charge is 2.32. The van der Waals surface area contributed by atoms with Crippen molar-refractivity contribution in [2.24, 2.45) is 0 Å². The Morgan fingerprint density at radius 2 is 1.90 bits per heavy atom. The lowest BCUT2D eigenvalue weighted by Gasteiger charge is -2.33. The lowest BCUT2D eigenvalue weighted by Crippen LogP contribution is -2.46. The van der Waals surface area contributed by atoms with Gasteiger partial charge in [-0.2, -0.15) is 4.31 Å². The molecule has 1 aliphatic rings. The minimum absolute atomic E-state index is 0.0932. The van der Waals surface area contributed by atoms with Crippen molar-refractivity contribution in [3.63, 3.8) is 0 Å². The molecule has 0 saturated carbocycles. The summed E-state index contributed by atoms with van der Waals surface area (Å²) in [6.07, 6.45) is 2.12. The van der Waals surface area contributed by atoms with Crippen LogP contribution in [0, 0.1) is 11.6 Å². The summed E-state index contributed by atoms with van der Waals surface area (Å²) < 4.78 is 53.2. The van der Waals surface area contributed by atoms with E-state index >= 15 is 0 Å². The molecule has 0 amide bonds. The van der Waals surface area contributed by atoms with E-state index < -0.39 is 21.7 Å². The third-order valence-electron chi connectivity index (χ3n) is 3.66. The monoisotopic (exact) mass is 318 g/mol. The highest BCUT2D eigenvalue weighted by Crippen LogP contribution is 2.24. The lowest BCUT2D eigenvalue weighted by atomic mass is 10.1. The summed E-state index contributed by atoms with van der Waals surface area (Å²) in [6, 6.07) is 2.64. The molecule has 1 saturated heterocycles. The average molecular weight is 318 g/mol. The molecule has 2 rings (SSSR count). The van der Waals surface area contributed by atoms with Crippen molar-refractivity contribution in [2.45, 2.75) is 37.1 Å². The van der Waals surface area contributed by atoms with E-state index in [1.54, 1.807) is 0 Å². The summed E-state index contributed by atoms with van der Waals surface area (Å²) in [6.45, 7) is 3.80. The molecule has 0 unspecified atom stereocenters. The maximum absolute atomic E-state index is 13.3. The first-order valence-corrected chi connectivity index (χ1v) is 8.58. The molecule has 21 heavy (non-hydrogen) atoms. The van der Waals surface area contributed by atoms with Crippen molar-refractivity contribution in [1.82, 2.24) is 9.62 Å². The number of sulfonamides is 1.